The molecule has 104 valence electrons. The molecule has 0 aliphatic rings. The number of nitrogens with two attached hydrogens (primary N) is 1. The molecule has 20 heavy (non-hydrogen) atoms. The van der Waals surface area contributed by atoms with Gasteiger partial charge in [-0.25, -0.2) is 4.68 Å². The lowest BCUT2D eigenvalue weighted by atomic mass is 9.91. The van der Waals surface area contributed by atoms with Crippen molar-refractivity contribution in [2.24, 2.45) is 0 Å². The van der Waals surface area contributed by atoms with Crippen LogP contribution in [0.15, 0.2) is 24.3 Å². The Morgan fingerprint density at radius 2 is 2.05 bits per heavy atom. The predicted molar refractivity (Wildman–Crippen MR) is 81.3 cm³/mol. The normalized spacial score (nSPS) is 12.2. The molecule has 0 unspecified atom stereocenters. The van der Waals surface area contributed by atoms with Gasteiger partial charge in [0, 0.05) is 10.4 Å². The number of halogens is 1. The van der Waals surface area contributed by atoms with Gasteiger partial charge in [0.15, 0.2) is 5.65 Å². The zero-order chi connectivity index (χ0) is 14.5. The van der Waals surface area contributed by atoms with E-state index >= 15 is 0 Å². The van der Waals surface area contributed by atoms with Crippen molar-refractivity contribution in [3.63, 3.8) is 0 Å². The lowest BCUT2D eigenvalue weighted by Gasteiger charge is -2.15. The number of nitrogen functional groups attached to an aromatic ring is 1. The maximum atomic E-state index is 6.05. The Morgan fingerprint density at radius 3 is 2.70 bits per heavy atom. The molecule has 0 aliphatic carbocycles. The van der Waals surface area contributed by atoms with Crippen LogP contribution in [0.4, 0.5) is 5.82 Å². The van der Waals surface area contributed by atoms with Crippen LogP contribution in [0, 0.1) is 0 Å². The molecule has 2 heterocycles. The largest absolute Gasteiger partial charge is 0.383 e. The van der Waals surface area contributed by atoms with Crippen LogP contribution in [0.1, 0.15) is 26.5 Å². The third-order valence-corrected chi connectivity index (χ3v) is 3.41. The van der Waals surface area contributed by atoms with Gasteiger partial charge in [-0.3, -0.25) is 5.10 Å². The summed E-state index contributed by atoms with van der Waals surface area (Å²) in [5.41, 5.74) is 8.37. The highest BCUT2D eigenvalue weighted by Crippen LogP contribution is 2.33. The second kappa shape index (κ2) is 4.24. The molecule has 3 N–H and O–H groups in total. The Bertz CT molecular complexity index is 779. The Hall–Kier alpha value is -2.01. The van der Waals surface area contributed by atoms with Gasteiger partial charge in [0.1, 0.15) is 5.82 Å². The first kappa shape index (κ1) is 13.0. The van der Waals surface area contributed by atoms with Gasteiger partial charge >= 0.3 is 0 Å². The highest BCUT2D eigenvalue weighted by molar-refractivity contribution is 6.30. The molecule has 0 saturated heterocycles. The third kappa shape index (κ3) is 1.94. The van der Waals surface area contributed by atoms with Crippen molar-refractivity contribution in [3.05, 3.63) is 35.0 Å². The van der Waals surface area contributed by atoms with Gasteiger partial charge in [-0.05, 0) is 18.2 Å². The van der Waals surface area contributed by atoms with Crippen LogP contribution in [0.5, 0.6) is 0 Å². The minimum Gasteiger partial charge on any atom is -0.383 e. The summed E-state index contributed by atoms with van der Waals surface area (Å²) in [5, 5.41) is 13.3. The summed E-state index contributed by atoms with van der Waals surface area (Å²) < 4.78 is 1.77. The molecule has 3 rings (SSSR count). The third-order valence-electron chi connectivity index (χ3n) is 3.18. The summed E-state index contributed by atoms with van der Waals surface area (Å²) in [5.74, 6) is 0.540. The molecule has 0 aliphatic heterocycles. The first-order valence-electron chi connectivity index (χ1n) is 6.37. The van der Waals surface area contributed by atoms with Crippen molar-refractivity contribution in [3.8, 4) is 5.69 Å². The highest BCUT2D eigenvalue weighted by atomic mass is 35.5. The number of fused-ring (bicyclic) bond motifs is 1. The van der Waals surface area contributed by atoms with Gasteiger partial charge in [0.05, 0.1) is 16.8 Å². The summed E-state index contributed by atoms with van der Waals surface area (Å²) in [4.78, 5) is 0. The maximum Gasteiger partial charge on any atom is 0.186 e. The minimum absolute atomic E-state index is 0.125. The summed E-state index contributed by atoms with van der Waals surface area (Å²) in [6.45, 7) is 6.30. The Morgan fingerprint density at radius 1 is 1.30 bits per heavy atom. The summed E-state index contributed by atoms with van der Waals surface area (Å²) in [6.07, 6.45) is 0. The number of benzene rings is 1. The monoisotopic (exact) mass is 289 g/mol. The molecular formula is C14H16ClN5. The molecule has 0 atom stereocenters. The van der Waals surface area contributed by atoms with Crippen LogP contribution in [0.3, 0.4) is 0 Å². The minimum atomic E-state index is -0.125. The van der Waals surface area contributed by atoms with E-state index in [2.05, 4.69) is 36.1 Å². The number of nitrogens with zero attached hydrogens (tertiary/aromatic N) is 3. The predicted octanol–water partition coefficient (Wildman–Crippen LogP) is 3.28. The van der Waals surface area contributed by atoms with Crippen LogP contribution >= 0.6 is 11.6 Å². The van der Waals surface area contributed by atoms with E-state index in [4.69, 9.17) is 17.3 Å². The molecule has 6 heteroatoms. The van der Waals surface area contributed by atoms with Crippen molar-refractivity contribution in [2.45, 2.75) is 26.2 Å². The molecule has 0 radical (unpaired) electrons. The number of H-pyrrole nitrogens is 1. The zero-order valence-corrected chi connectivity index (χ0v) is 12.4. The molecule has 1 aromatic carbocycles. The number of nitrogens with one attached hydrogen (secondary N) is 1. The topological polar surface area (TPSA) is 72.5 Å². The fourth-order valence-electron chi connectivity index (χ4n) is 2.24. The van der Waals surface area contributed by atoms with E-state index in [1.165, 1.54) is 0 Å². The van der Waals surface area contributed by atoms with Crippen LogP contribution in [-0.2, 0) is 5.41 Å². The van der Waals surface area contributed by atoms with Gasteiger partial charge in [0.25, 0.3) is 0 Å². The van der Waals surface area contributed by atoms with E-state index in [1.54, 1.807) is 4.68 Å². The number of hydrogen-bond acceptors (Lipinski definition) is 3. The number of hydrogen-bond donors (Lipinski definition) is 2. The van der Waals surface area contributed by atoms with Crippen molar-refractivity contribution in [1.82, 2.24) is 20.0 Å². The molecule has 3 aromatic rings. The van der Waals surface area contributed by atoms with Crippen molar-refractivity contribution < 1.29 is 0 Å². The number of anilines is 1. The van der Waals surface area contributed by atoms with Gasteiger partial charge in [-0.2, -0.15) is 10.2 Å². The first-order valence-corrected chi connectivity index (χ1v) is 6.75. The van der Waals surface area contributed by atoms with Gasteiger partial charge in [0.2, 0.25) is 0 Å². The maximum absolute atomic E-state index is 6.05. The van der Waals surface area contributed by atoms with Crippen molar-refractivity contribution in [1.29, 1.82) is 0 Å². The number of aromatic amines is 1. The highest BCUT2D eigenvalue weighted by Gasteiger charge is 2.26. The molecular weight excluding hydrogens is 274 g/mol. The molecule has 2 aromatic heterocycles. The van der Waals surface area contributed by atoms with Crippen LogP contribution in [0.2, 0.25) is 5.02 Å². The Balaban J connectivity index is 2.33. The van der Waals surface area contributed by atoms with Gasteiger partial charge < -0.3 is 5.73 Å². The average Bonchev–Trinajstić information content (AvgIpc) is 2.90. The zero-order valence-electron chi connectivity index (χ0n) is 11.6. The second-order valence-corrected chi connectivity index (χ2v) is 6.26. The van der Waals surface area contributed by atoms with Crippen LogP contribution in [-0.4, -0.2) is 20.0 Å². The average molecular weight is 290 g/mol. The molecule has 0 saturated carbocycles. The summed E-state index contributed by atoms with van der Waals surface area (Å²) >= 11 is 6.05. The van der Waals surface area contributed by atoms with E-state index in [-0.39, 0.29) is 5.41 Å². The Labute approximate surface area is 121 Å². The molecule has 5 nitrogen and oxygen atoms in total. The fraction of sp³-hybridized carbons (Fsp3) is 0.286. The quantitative estimate of drug-likeness (QED) is 0.722. The van der Waals surface area contributed by atoms with Crippen molar-refractivity contribution in [2.75, 3.05) is 5.73 Å². The van der Waals surface area contributed by atoms with E-state index < -0.39 is 0 Å². The smallest absolute Gasteiger partial charge is 0.186 e. The molecule has 0 spiro atoms. The molecule has 0 fully saturated rings. The van der Waals surface area contributed by atoms with E-state index in [0.717, 1.165) is 22.4 Å². The molecule has 0 bridgehead atoms. The van der Waals surface area contributed by atoms with E-state index in [0.29, 0.717) is 10.8 Å². The fourth-order valence-corrected chi connectivity index (χ4v) is 2.43. The Kier molecular flexibility index (Phi) is 2.76. The van der Waals surface area contributed by atoms with Crippen LogP contribution in [0.25, 0.3) is 16.7 Å². The van der Waals surface area contributed by atoms with Gasteiger partial charge in [-0.15, -0.1) is 0 Å². The van der Waals surface area contributed by atoms with Crippen molar-refractivity contribution >= 4 is 28.5 Å². The van der Waals surface area contributed by atoms with E-state index in [1.807, 2.05) is 24.3 Å². The van der Waals surface area contributed by atoms with Gasteiger partial charge in [-0.1, -0.05) is 38.4 Å². The second-order valence-electron chi connectivity index (χ2n) is 5.83. The summed E-state index contributed by atoms with van der Waals surface area (Å²) in [7, 11) is 0. The lowest BCUT2D eigenvalue weighted by Crippen LogP contribution is -2.13. The SMILES string of the molecule is CC(C)(C)c1nn(-c2cccc(Cl)c2)c2n[nH]c(N)c12. The summed E-state index contributed by atoms with van der Waals surface area (Å²) in [6, 6.07) is 7.51. The number of aromatic nitrogens is 4. The standard InChI is InChI=1S/C14H16ClN5/c1-14(2,3)11-10-12(16)17-18-13(10)20(19-11)9-6-4-5-8(15)7-9/h4-7H,1-3H3,(H3,16,17,18). The van der Waals surface area contributed by atoms with E-state index in [9.17, 15) is 0 Å². The number of rotatable bonds is 1. The van der Waals surface area contributed by atoms with Crippen LogP contribution < -0.4 is 5.73 Å². The first-order chi connectivity index (χ1) is 9.38. The molecule has 0 amide bonds. The lowest BCUT2D eigenvalue weighted by molar-refractivity contribution is 0.564.